The van der Waals surface area contributed by atoms with Gasteiger partial charge in [0, 0.05) is 13.1 Å². The maximum atomic E-state index is 13.8. The normalized spacial score (nSPS) is 27.0. The Bertz CT molecular complexity index is 542. The monoisotopic (exact) mass is 344 g/mol. The van der Waals surface area contributed by atoms with Crippen molar-refractivity contribution < 1.29 is 33.8 Å². The number of rotatable bonds is 7. The van der Waals surface area contributed by atoms with Crippen LogP contribution in [0.25, 0.3) is 0 Å². The van der Waals surface area contributed by atoms with E-state index in [1.165, 1.54) is 4.90 Å². The van der Waals surface area contributed by atoms with Gasteiger partial charge in [0.1, 0.15) is 30.6 Å². The first-order chi connectivity index (χ1) is 11.4. The fraction of sp³-hybridized carbons (Fsp3) is 0.733. The van der Waals surface area contributed by atoms with Crippen LogP contribution in [0.2, 0.25) is 0 Å². The van der Waals surface area contributed by atoms with Crippen molar-refractivity contribution in [3.8, 4) is 0 Å². The second-order valence-corrected chi connectivity index (χ2v) is 6.30. The SMILES string of the molecule is O=CC(CF)(CC(=O)N1CCC[C@H]1C(=O)O)N1CCCC1C(=O)O. The molecular weight excluding hydrogens is 323 g/mol. The first-order valence-electron chi connectivity index (χ1n) is 7.90. The molecule has 2 unspecified atom stereocenters. The molecule has 0 saturated carbocycles. The van der Waals surface area contributed by atoms with E-state index in [0.29, 0.717) is 19.3 Å². The molecule has 2 heterocycles. The summed E-state index contributed by atoms with van der Waals surface area (Å²) >= 11 is 0. The number of alkyl halides is 1. The third-order valence-corrected chi connectivity index (χ3v) is 4.88. The van der Waals surface area contributed by atoms with Crippen LogP contribution < -0.4 is 0 Å². The van der Waals surface area contributed by atoms with E-state index in [1.807, 2.05) is 0 Å². The van der Waals surface area contributed by atoms with Crippen LogP contribution in [0.1, 0.15) is 32.1 Å². The summed E-state index contributed by atoms with van der Waals surface area (Å²) < 4.78 is 13.8. The van der Waals surface area contributed by atoms with Crippen LogP contribution in [0.15, 0.2) is 0 Å². The number of amides is 1. The Hall–Kier alpha value is -2.03. The van der Waals surface area contributed by atoms with Crippen LogP contribution in [0, 0.1) is 0 Å². The zero-order valence-corrected chi connectivity index (χ0v) is 13.2. The molecule has 2 N–H and O–H groups in total. The highest BCUT2D eigenvalue weighted by Crippen LogP contribution is 2.31. The van der Waals surface area contributed by atoms with Crippen LogP contribution in [-0.4, -0.2) is 81.5 Å². The first-order valence-corrected chi connectivity index (χ1v) is 7.90. The number of aliphatic carboxylic acids is 2. The quantitative estimate of drug-likeness (QED) is 0.620. The highest BCUT2D eigenvalue weighted by molar-refractivity contribution is 5.88. The predicted octanol–water partition coefficient (Wildman–Crippen LogP) is -0.0917. The summed E-state index contributed by atoms with van der Waals surface area (Å²) in [6, 6.07) is -2.00. The molecule has 2 aliphatic heterocycles. The number of nitrogens with zero attached hydrogens (tertiary/aromatic N) is 2. The van der Waals surface area contributed by atoms with E-state index in [9.17, 15) is 28.7 Å². The lowest BCUT2D eigenvalue weighted by molar-refractivity contribution is -0.152. The summed E-state index contributed by atoms with van der Waals surface area (Å²) in [5.74, 6) is -2.94. The van der Waals surface area contributed by atoms with Gasteiger partial charge in [-0.1, -0.05) is 0 Å². The third kappa shape index (κ3) is 3.26. The molecule has 1 amide bonds. The number of hydrogen-bond acceptors (Lipinski definition) is 5. The van der Waals surface area contributed by atoms with Gasteiger partial charge in [-0.3, -0.25) is 14.5 Å². The molecule has 9 heteroatoms. The number of carboxylic acid groups (broad SMARTS) is 2. The largest absolute Gasteiger partial charge is 0.480 e. The minimum Gasteiger partial charge on any atom is -0.480 e. The lowest BCUT2D eigenvalue weighted by atomic mass is 9.94. The smallest absolute Gasteiger partial charge is 0.326 e. The summed E-state index contributed by atoms with van der Waals surface area (Å²) in [7, 11) is 0. The second kappa shape index (κ2) is 7.25. The van der Waals surface area contributed by atoms with Gasteiger partial charge in [0.15, 0.2) is 0 Å². The predicted molar refractivity (Wildman–Crippen MR) is 79.1 cm³/mol. The standard InChI is InChI=1S/C15H21FN2O6/c16-8-15(9-19,18-6-2-4-11(18)14(23)24)7-12(20)17-5-1-3-10(17)13(21)22/h9-11H,1-8H2,(H,21,22)(H,23,24)/t10-,11?,15?/m0/s1. The fourth-order valence-electron chi connectivity index (χ4n) is 3.61. The number of carbonyl (C=O) groups is 4. The van der Waals surface area contributed by atoms with Gasteiger partial charge in [0.25, 0.3) is 0 Å². The van der Waals surface area contributed by atoms with Gasteiger partial charge in [-0.25, -0.2) is 9.18 Å². The summed E-state index contributed by atoms with van der Waals surface area (Å²) in [6.45, 7) is -0.758. The van der Waals surface area contributed by atoms with Gasteiger partial charge in [-0.2, -0.15) is 0 Å². The minimum absolute atomic E-state index is 0.204. The van der Waals surface area contributed by atoms with Gasteiger partial charge >= 0.3 is 11.9 Å². The van der Waals surface area contributed by atoms with E-state index in [0.717, 1.165) is 4.90 Å². The van der Waals surface area contributed by atoms with Crippen molar-refractivity contribution in [2.45, 2.75) is 49.7 Å². The molecule has 134 valence electrons. The molecule has 2 aliphatic rings. The molecule has 3 atom stereocenters. The van der Waals surface area contributed by atoms with Crippen LogP contribution >= 0.6 is 0 Å². The maximum absolute atomic E-state index is 13.8. The van der Waals surface area contributed by atoms with Crippen molar-refractivity contribution in [2.24, 2.45) is 0 Å². The Morgan fingerprint density at radius 1 is 1.08 bits per heavy atom. The second-order valence-electron chi connectivity index (χ2n) is 6.30. The molecule has 24 heavy (non-hydrogen) atoms. The topological polar surface area (TPSA) is 115 Å². The molecule has 2 fully saturated rings. The van der Waals surface area contributed by atoms with Crippen LogP contribution in [-0.2, 0) is 19.2 Å². The molecule has 2 saturated heterocycles. The van der Waals surface area contributed by atoms with Crippen molar-refractivity contribution in [2.75, 3.05) is 19.8 Å². The number of likely N-dealkylation sites (tertiary alicyclic amines) is 2. The molecule has 0 radical (unpaired) electrons. The average molecular weight is 344 g/mol. The molecule has 0 aliphatic carbocycles. The van der Waals surface area contributed by atoms with E-state index >= 15 is 0 Å². The number of halogens is 1. The van der Waals surface area contributed by atoms with E-state index < -0.39 is 48.6 Å². The zero-order valence-electron chi connectivity index (χ0n) is 13.2. The van der Waals surface area contributed by atoms with E-state index in [2.05, 4.69) is 0 Å². The van der Waals surface area contributed by atoms with Gasteiger partial charge < -0.3 is 19.9 Å². The average Bonchev–Trinajstić information content (AvgIpc) is 3.21. The van der Waals surface area contributed by atoms with Gasteiger partial charge in [0.2, 0.25) is 5.91 Å². The summed E-state index contributed by atoms with van der Waals surface area (Å²) in [4.78, 5) is 49.0. The highest BCUT2D eigenvalue weighted by Gasteiger charge is 2.48. The maximum Gasteiger partial charge on any atom is 0.326 e. The van der Waals surface area contributed by atoms with Crippen LogP contribution in [0.3, 0.4) is 0 Å². The van der Waals surface area contributed by atoms with E-state index in [4.69, 9.17) is 5.11 Å². The first kappa shape index (κ1) is 18.3. The lowest BCUT2D eigenvalue weighted by Gasteiger charge is -2.38. The van der Waals surface area contributed by atoms with Crippen LogP contribution in [0.5, 0.6) is 0 Å². The zero-order chi connectivity index (χ0) is 17.9. The Kier molecular flexibility index (Phi) is 5.53. The molecule has 0 bridgehead atoms. The molecule has 0 aromatic carbocycles. The summed E-state index contributed by atoms with van der Waals surface area (Å²) in [6.07, 6.45) is 1.33. The molecule has 0 aromatic heterocycles. The van der Waals surface area contributed by atoms with Crippen molar-refractivity contribution in [3.05, 3.63) is 0 Å². The fourth-order valence-corrected chi connectivity index (χ4v) is 3.61. The van der Waals surface area contributed by atoms with Gasteiger partial charge in [0.05, 0.1) is 6.42 Å². The van der Waals surface area contributed by atoms with Crippen molar-refractivity contribution in [3.63, 3.8) is 0 Å². The molecule has 0 aromatic rings. The lowest BCUT2D eigenvalue weighted by Crippen LogP contribution is -2.58. The molecular formula is C15H21FN2O6. The Balaban J connectivity index is 2.21. The third-order valence-electron chi connectivity index (χ3n) is 4.88. The Morgan fingerprint density at radius 2 is 1.67 bits per heavy atom. The number of aldehydes is 1. The van der Waals surface area contributed by atoms with E-state index in [-0.39, 0.29) is 25.8 Å². The molecule has 2 rings (SSSR count). The van der Waals surface area contributed by atoms with Crippen LogP contribution in [0.4, 0.5) is 4.39 Å². The molecule has 8 nitrogen and oxygen atoms in total. The minimum atomic E-state index is -1.86. The summed E-state index contributed by atoms with van der Waals surface area (Å²) in [5.41, 5.74) is -1.86. The number of carbonyl (C=O) groups excluding carboxylic acids is 2. The van der Waals surface area contributed by atoms with Gasteiger partial charge in [-0.15, -0.1) is 0 Å². The Labute approximate surface area is 138 Å². The highest BCUT2D eigenvalue weighted by atomic mass is 19.1. The number of hydrogen-bond donors (Lipinski definition) is 2. The summed E-state index contributed by atoms with van der Waals surface area (Å²) in [5, 5.41) is 18.4. The molecule has 0 spiro atoms. The van der Waals surface area contributed by atoms with E-state index in [1.54, 1.807) is 0 Å². The van der Waals surface area contributed by atoms with Crippen molar-refractivity contribution >= 4 is 24.1 Å². The van der Waals surface area contributed by atoms with Crippen molar-refractivity contribution in [1.29, 1.82) is 0 Å². The number of carboxylic acids is 2. The van der Waals surface area contributed by atoms with Gasteiger partial charge in [-0.05, 0) is 25.7 Å². The Morgan fingerprint density at radius 3 is 2.21 bits per heavy atom. The van der Waals surface area contributed by atoms with Crippen molar-refractivity contribution in [1.82, 2.24) is 9.80 Å².